The molecule has 5 nitrogen and oxygen atoms in total. The highest BCUT2D eigenvalue weighted by Gasteiger charge is 2.17. The molecule has 1 heterocycles. The second kappa shape index (κ2) is 9.05. The van der Waals surface area contributed by atoms with E-state index in [9.17, 15) is 13.6 Å². The third-order valence-corrected chi connectivity index (χ3v) is 4.72. The van der Waals surface area contributed by atoms with Crippen LogP contribution in [-0.4, -0.2) is 28.4 Å². The summed E-state index contributed by atoms with van der Waals surface area (Å²) in [4.78, 5) is 17.1. The van der Waals surface area contributed by atoms with Gasteiger partial charge in [0.2, 0.25) is 0 Å². The Morgan fingerprint density at radius 2 is 1.89 bits per heavy atom. The Morgan fingerprint density at radius 1 is 1.18 bits per heavy atom. The normalized spacial score (nSPS) is 12.3. The van der Waals surface area contributed by atoms with Crippen LogP contribution in [0.2, 0.25) is 0 Å². The Morgan fingerprint density at radius 3 is 2.57 bits per heavy atom. The minimum absolute atomic E-state index is 0.0489. The predicted molar refractivity (Wildman–Crippen MR) is 105 cm³/mol. The van der Waals surface area contributed by atoms with Crippen molar-refractivity contribution in [2.75, 3.05) is 6.26 Å². The van der Waals surface area contributed by atoms with Crippen LogP contribution in [0, 0.1) is 0 Å². The number of carbonyl (C=O) groups excluding carboxylic acids is 1. The maximum atomic E-state index is 12.5. The number of nitrogens with zero attached hydrogens (tertiary/aromatic N) is 2. The summed E-state index contributed by atoms with van der Waals surface area (Å²) in [6.07, 6.45) is 1.46. The smallest absolute Gasteiger partial charge is 0.387 e. The topological polar surface area (TPSA) is 53.4 Å². The van der Waals surface area contributed by atoms with Crippen LogP contribution in [0.3, 0.4) is 0 Å². The first kappa shape index (κ1) is 20.1. The molecular weight excluding hydrogens is 386 g/mol. The minimum Gasteiger partial charge on any atom is -0.456 e. The number of benzene rings is 2. The number of fused-ring (bicyclic) bond motifs is 1. The Bertz CT molecular complexity index is 944. The molecule has 0 amide bonds. The van der Waals surface area contributed by atoms with Gasteiger partial charge in [0.05, 0.1) is 16.8 Å². The lowest BCUT2D eigenvalue weighted by Crippen LogP contribution is -2.17. The molecule has 0 N–H and O–H groups in total. The number of rotatable bonds is 8. The number of alkyl halides is 2. The van der Waals surface area contributed by atoms with Gasteiger partial charge in [0.15, 0.2) is 0 Å². The standard InChI is InChI=1S/C20H20F2N2O3S/c1-13(14-7-9-15(10-8-14)27-20(21)22)26-19(25)11-24-17-6-4-3-5-16(17)23-18(24)12-28-2/h3-10,13,20H,11-12H2,1-2H3. The second-order valence-corrected chi connectivity index (χ2v) is 6.98. The molecule has 1 unspecified atom stereocenters. The Hall–Kier alpha value is -2.61. The van der Waals surface area contributed by atoms with Crippen LogP contribution in [0.1, 0.15) is 24.4 Å². The van der Waals surface area contributed by atoms with Crippen LogP contribution in [0.5, 0.6) is 5.75 Å². The quantitative estimate of drug-likeness (QED) is 0.503. The molecule has 0 spiro atoms. The largest absolute Gasteiger partial charge is 0.456 e. The average molecular weight is 406 g/mol. The summed E-state index contributed by atoms with van der Waals surface area (Å²) in [5.41, 5.74) is 2.40. The molecule has 1 atom stereocenters. The third kappa shape index (κ3) is 4.81. The van der Waals surface area contributed by atoms with E-state index in [0.717, 1.165) is 16.9 Å². The van der Waals surface area contributed by atoms with E-state index in [1.165, 1.54) is 12.1 Å². The SMILES string of the molecule is CSCc1nc2ccccc2n1CC(=O)OC(C)c1ccc(OC(F)F)cc1. The number of halogens is 2. The van der Waals surface area contributed by atoms with E-state index in [2.05, 4.69) is 9.72 Å². The Labute approximate surface area is 165 Å². The molecule has 0 saturated heterocycles. The number of carbonyl (C=O) groups is 1. The van der Waals surface area contributed by atoms with Crippen LogP contribution < -0.4 is 4.74 Å². The zero-order valence-corrected chi connectivity index (χ0v) is 16.3. The molecule has 0 fully saturated rings. The van der Waals surface area contributed by atoms with E-state index >= 15 is 0 Å². The van der Waals surface area contributed by atoms with Gasteiger partial charge >= 0.3 is 12.6 Å². The third-order valence-electron chi connectivity index (χ3n) is 4.18. The predicted octanol–water partition coefficient (Wildman–Crippen LogP) is 4.81. The summed E-state index contributed by atoms with van der Waals surface area (Å²) >= 11 is 1.63. The fourth-order valence-electron chi connectivity index (χ4n) is 2.89. The van der Waals surface area contributed by atoms with Crippen molar-refractivity contribution in [3.05, 3.63) is 59.9 Å². The molecule has 28 heavy (non-hydrogen) atoms. The molecule has 2 aromatic carbocycles. The van der Waals surface area contributed by atoms with Crippen molar-refractivity contribution in [3.63, 3.8) is 0 Å². The monoisotopic (exact) mass is 406 g/mol. The number of aromatic nitrogens is 2. The molecule has 0 aliphatic rings. The molecule has 0 saturated carbocycles. The molecule has 8 heteroatoms. The molecule has 3 rings (SSSR count). The van der Waals surface area contributed by atoms with Gasteiger partial charge in [0, 0.05) is 0 Å². The van der Waals surface area contributed by atoms with Gasteiger partial charge in [0.1, 0.15) is 24.2 Å². The van der Waals surface area contributed by atoms with Crippen molar-refractivity contribution >= 4 is 28.8 Å². The molecule has 0 bridgehead atoms. The number of esters is 1. The van der Waals surface area contributed by atoms with Crippen molar-refractivity contribution in [3.8, 4) is 5.75 Å². The van der Waals surface area contributed by atoms with Gasteiger partial charge in [-0.2, -0.15) is 20.5 Å². The van der Waals surface area contributed by atoms with E-state index in [-0.39, 0.29) is 12.3 Å². The molecule has 3 aromatic rings. The average Bonchev–Trinajstić information content (AvgIpc) is 2.99. The highest BCUT2D eigenvalue weighted by molar-refractivity contribution is 7.97. The minimum atomic E-state index is -2.87. The van der Waals surface area contributed by atoms with Gasteiger partial charge in [-0.05, 0) is 43.0 Å². The maximum Gasteiger partial charge on any atom is 0.387 e. The number of ether oxygens (including phenoxy) is 2. The lowest BCUT2D eigenvalue weighted by Gasteiger charge is -2.15. The lowest BCUT2D eigenvalue weighted by atomic mass is 10.1. The Kier molecular flexibility index (Phi) is 6.51. The fraction of sp³-hybridized carbons (Fsp3) is 0.300. The summed E-state index contributed by atoms with van der Waals surface area (Å²) < 4.78 is 36.2. The number of para-hydroxylation sites is 2. The second-order valence-electron chi connectivity index (χ2n) is 6.12. The van der Waals surface area contributed by atoms with Crippen LogP contribution >= 0.6 is 11.8 Å². The van der Waals surface area contributed by atoms with Crippen LogP contribution in [0.25, 0.3) is 11.0 Å². The highest BCUT2D eigenvalue weighted by atomic mass is 32.2. The molecule has 1 aromatic heterocycles. The summed E-state index contributed by atoms with van der Waals surface area (Å²) in [7, 11) is 0. The van der Waals surface area contributed by atoms with Crippen molar-refractivity contribution in [1.29, 1.82) is 0 Å². The number of thioether (sulfide) groups is 1. The molecule has 0 radical (unpaired) electrons. The molecule has 148 valence electrons. The van der Waals surface area contributed by atoms with Gasteiger partial charge in [-0.25, -0.2) is 4.98 Å². The molecular formula is C20H20F2N2O3S. The van der Waals surface area contributed by atoms with Gasteiger partial charge in [-0.15, -0.1) is 0 Å². The summed E-state index contributed by atoms with van der Waals surface area (Å²) in [6, 6.07) is 13.7. The van der Waals surface area contributed by atoms with Crippen LogP contribution in [-0.2, 0) is 21.8 Å². The molecule has 0 aliphatic carbocycles. The van der Waals surface area contributed by atoms with E-state index < -0.39 is 18.7 Å². The summed E-state index contributed by atoms with van der Waals surface area (Å²) in [5.74, 6) is 1.16. The van der Waals surface area contributed by atoms with Gasteiger partial charge in [-0.1, -0.05) is 24.3 Å². The first-order valence-electron chi connectivity index (χ1n) is 8.65. The number of hydrogen-bond acceptors (Lipinski definition) is 5. The van der Waals surface area contributed by atoms with Crippen molar-refractivity contribution in [1.82, 2.24) is 9.55 Å². The van der Waals surface area contributed by atoms with Crippen molar-refractivity contribution < 1.29 is 23.0 Å². The zero-order chi connectivity index (χ0) is 20.1. The fourth-order valence-corrected chi connectivity index (χ4v) is 3.37. The van der Waals surface area contributed by atoms with Gasteiger partial charge in [0.25, 0.3) is 0 Å². The number of hydrogen-bond donors (Lipinski definition) is 0. The van der Waals surface area contributed by atoms with E-state index in [4.69, 9.17) is 4.74 Å². The summed E-state index contributed by atoms with van der Waals surface area (Å²) in [6.45, 7) is -1.09. The zero-order valence-electron chi connectivity index (χ0n) is 15.5. The number of imidazole rings is 1. The maximum absolute atomic E-state index is 12.5. The first-order valence-corrected chi connectivity index (χ1v) is 10.0. The molecule has 0 aliphatic heterocycles. The van der Waals surface area contributed by atoms with Crippen LogP contribution in [0.4, 0.5) is 8.78 Å². The van der Waals surface area contributed by atoms with Crippen molar-refractivity contribution in [2.45, 2.75) is 31.9 Å². The van der Waals surface area contributed by atoms with Crippen LogP contribution in [0.15, 0.2) is 48.5 Å². The van der Waals surface area contributed by atoms with E-state index in [1.807, 2.05) is 35.1 Å². The van der Waals surface area contributed by atoms with Crippen molar-refractivity contribution in [2.24, 2.45) is 0 Å². The van der Waals surface area contributed by atoms with E-state index in [0.29, 0.717) is 11.3 Å². The lowest BCUT2D eigenvalue weighted by molar-refractivity contribution is -0.149. The highest BCUT2D eigenvalue weighted by Crippen LogP contribution is 2.23. The van der Waals surface area contributed by atoms with Gasteiger partial charge < -0.3 is 14.0 Å². The van der Waals surface area contributed by atoms with E-state index in [1.54, 1.807) is 30.8 Å². The first-order chi connectivity index (χ1) is 13.5. The Balaban J connectivity index is 1.70. The van der Waals surface area contributed by atoms with Gasteiger partial charge in [-0.3, -0.25) is 4.79 Å². The summed E-state index contributed by atoms with van der Waals surface area (Å²) in [5, 5.41) is 0.